The molecule has 0 heterocycles. The Kier molecular flexibility index (Phi) is 5.00. The first-order valence-corrected chi connectivity index (χ1v) is 6.55. The fourth-order valence-electron chi connectivity index (χ4n) is 1.85. The molecular formula is C16H12F3NO3. The fraction of sp³-hybridized carbons (Fsp3) is 0.125. The maximum atomic E-state index is 12.0. The van der Waals surface area contributed by atoms with Crippen LogP contribution in [0.4, 0.5) is 13.2 Å². The summed E-state index contributed by atoms with van der Waals surface area (Å²) in [5.74, 6) is -0.712. The molecule has 1 amide bonds. The molecule has 2 aromatic rings. The quantitative estimate of drug-likeness (QED) is 0.859. The molecule has 4 nitrogen and oxygen atoms in total. The van der Waals surface area contributed by atoms with Gasteiger partial charge in [-0.25, -0.2) is 0 Å². The van der Waals surface area contributed by atoms with Crippen LogP contribution in [0.15, 0.2) is 48.5 Å². The number of nitrogens with one attached hydrogen (secondary N) is 1. The largest absolute Gasteiger partial charge is 0.573 e. The minimum atomic E-state index is -4.74. The molecule has 120 valence electrons. The van der Waals surface area contributed by atoms with Gasteiger partial charge < -0.3 is 10.1 Å². The van der Waals surface area contributed by atoms with Crippen LogP contribution in [0.2, 0.25) is 0 Å². The van der Waals surface area contributed by atoms with Crippen molar-refractivity contribution in [2.45, 2.75) is 12.9 Å². The monoisotopic (exact) mass is 323 g/mol. The lowest BCUT2D eigenvalue weighted by Crippen LogP contribution is -2.23. The maximum absolute atomic E-state index is 12.0. The standard InChI is InChI=1S/C16H12F3NO3/c17-16(18,19)23-14-6-4-11(5-7-14)9-20-15(22)13-3-1-2-12(8-13)10-21/h1-8,10H,9H2,(H,20,22). The number of benzene rings is 2. The van der Waals surface area contributed by atoms with E-state index in [2.05, 4.69) is 10.1 Å². The summed E-state index contributed by atoms with van der Waals surface area (Å²) in [6, 6.07) is 11.3. The lowest BCUT2D eigenvalue weighted by molar-refractivity contribution is -0.274. The first-order chi connectivity index (χ1) is 10.9. The second kappa shape index (κ2) is 6.95. The Hall–Kier alpha value is -2.83. The predicted octanol–water partition coefficient (Wildman–Crippen LogP) is 3.33. The highest BCUT2D eigenvalue weighted by Crippen LogP contribution is 2.22. The first-order valence-electron chi connectivity index (χ1n) is 6.55. The van der Waals surface area contributed by atoms with Crippen LogP contribution in [0.3, 0.4) is 0 Å². The lowest BCUT2D eigenvalue weighted by atomic mass is 10.1. The van der Waals surface area contributed by atoms with Gasteiger partial charge in [-0.15, -0.1) is 13.2 Å². The van der Waals surface area contributed by atoms with Crippen LogP contribution in [-0.2, 0) is 6.54 Å². The van der Waals surface area contributed by atoms with Crippen LogP contribution >= 0.6 is 0 Å². The van der Waals surface area contributed by atoms with E-state index in [9.17, 15) is 22.8 Å². The molecule has 0 aliphatic heterocycles. The van der Waals surface area contributed by atoms with E-state index in [1.165, 1.54) is 30.3 Å². The van der Waals surface area contributed by atoms with E-state index < -0.39 is 6.36 Å². The summed E-state index contributed by atoms with van der Waals surface area (Å²) in [6.07, 6.45) is -4.10. The summed E-state index contributed by atoms with van der Waals surface area (Å²) >= 11 is 0. The van der Waals surface area contributed by atoms with Crippen molar-refractivity contribution < 1.29 is 27.5 Å². The van der Waals surface area contributed by atoms with Crippen molar-refractivity contribution in [1.29, 1.82) is 0 Å². The van der Waals surface area contributed by atoms with E-state index in [0.29, 0.717) is 23.0 Å². The van der Waals surface area contributed by atoms with Crippen molar-refractivity contribution in [3.8, 4) is 5.75 Å². The Balaban J connectivity index is 1.95. The first kappa shape index (κ1) is 16.5. The number of ether oxygens (including phenoxy) is 1. The van der Waals surface area contributed by atoms with E-state index in [4.69, 9.17) is 0 Å². The Morgan fingerprint density at radius 2 is 1.83 bits per heavy atom. The van der Waals surface area contributed by atoms with Crippen LogP contribution in [0.5, 0.6) is 5.75 Å². The van der Waals surface area contributed by atoms with Gasteiger partial charge in [-0.1, -0.05) is 24.3 Å². The van der Waals surface area contributed by atoms with Gasteiger partial charge in [0.2, 0.25) is 0 Å². The summed E-state index contributed by atoms with van der Waals surface area (Å²) < 4.78 is 39.9. The number of rotatable bonds is 5. The van der Waals surface area contributed by atoms with Gasteiger partial charge in [0, 0.05) is 17.7 Å². The molecule has 7 heteroatoms. The van der Waals surface area contributed by atoms with Gasteiger partial charge in [0.15, 0.2) is 0 Å². The van der Waals surface area contributed by atoms with Gasteiger partial charge in [-0.05, 0) is 29.8 Å². The Labute approximate surface area is 129 Å². The Morgan fingerprint density at radius 1 is 1.13 bits per heavy atom. The van der Waals surface area contributed by atoms with Crippen molar-refractivity contribution in [3.05, 3.63) is 65.2 Å². The topological polar surface area (TPSA) is 55.4 Å². The highest BCUT2D eigenvalue weighted by molar-refractivity contribution is 5.95. The zero-order chi connectivity index (χ0) is 16.9. The number of alkyl halides is 3. The summed E-state index contributed by atoms with van der Waals surface area (Å²) in [6.45, 7) is 0.135. The Bertz CT molecular complexity index is 696. The van der Waals surface area contributed by atoms with Gasteiger partial charge in [0.25, 0.3) is 5.91 Å². The highest BCUT2D eigenvalue weighted by Gasteiger charge is 2.30. The van der Waals surface area contributed by atoms with Crippen molar-refractivity contribution in [3.63, 3.8) is 0 Å². The number of hydrogen-bond donors (Lipinski definition) is 1. The molecule has 0 spiro atoms. The molecule has 0 saturated heterocycles. The molecule has 2 rings (SSSR count). The van der Waals surface area contributed by atoms with Gasteiger partial charge in [0.05, 0.1) is 0 Å². The van der Waals surface area contributed by atoms with E-state index >= 15 is 0 Å². The smallest absolute Gasteiger partial charge is 0.406 e. The molecule has 0 aromatic heterocycles. The minimum Gasteiger partial charge on any atom is -0.406 e. The van der Waals surface area contributed by atoms with Gasteiger partial charge >= 0.3 is 6.36 Å². The number of hydrogen-bond acceptors (Lipinski definition) is 3. The summed E-state index contributed by atoms with van der Waals surface area (Å²) in [5, 5.41) is 2.62. The van der Waals surface area contributed by atoms with Crippen LogP contribution in [0.1, 0.15) is 26.3 Å². The second-order valence-electron chi connectivity index (χ2n) is 4.62. The van der Waals surface area contributed by atoms with E-state index in [-0.39, 0.29) is 18.2 Å². The highest BCUT2D eigenvalue weighted by atomic mass is 19.4. The van der Waals surface area contributed by atoms with Crippen molar-refractivity contribution in [2.75, 3.05) is 0 Å². The maximum Gasteiger partial charge on any atom is 0.573 e. The van der Waals surface area contributed by atoms with Crippen molar-refractivity contribution in [1.82, 2.24) is 5.32 Å². The third kappa shape index (κ3) is 5.14. The number of amides is 1. The predicted molar refractivity (Wildman–Crippen MR) is 76.1 cm³/mol. The molecular weight excluding hydrogens is 311 g/mol. The average Bonchev–Trinajstić information content (AvgIpc) is 2.52. The van der Waals surface area contributed by atoms with Crippen LogP contribution in [0.25, 0.3) is 0 Å². The van der Waals surface area contributed by atoms with Gasteiger partial charge in [-0.2, -0.15) is 0 Å². The fourth-order valence-corrected chi connectivity index (χ4v) is 1.85. The zero-order valence-corrected chi connectivity index (χ0v) is 11.8. The summed E-state index contributed by atoms with van der Waals surface area (Å²) in [7, 11) is 0. The van der Waals surface area contributed by atoms with Crippen LogP contribution in [0, 0.1) is 0 Å². The molecule has 23 heavy (non-hydrogen) atoms. The average molecular weight is 323 g/mol. The van der Waals surface area contributed by atoms with Crippen LogP contribution in [-0.4, -0.2) is 18.6 Å². The molecule has 0 saturated carbocycles. The number of aldehydes is 1. The number of carbonyl (C=O) groups excluding carboxylic acids is 2. The summed E-state index contributed by atoms with van der Waals surface area (Å²) in [5.41, 5.74) is 1.32. The van der Waals surface area contributed by atoms with Crippen LogP contribution < -0.4 is 10.1 Å². The second-order valence-corrected chi connectivity index (χ2v) is 4.62. The third-order valence-electron chi connectivity index (χ3n) is 2.89. The molecule has 0 aliphatic rings. The summed E-state index contributed by atoms with van der Waals surface area (Å²) in [4.78, 5) is 22.6. The molecule has 0 atom stereocenters. The SMILES string of the molecule is O=Cc1cccc(C(=O)NCc2ccc(OC(F)(F)F)cc2)c1. The van der Waals surface area contributed by atoms with E-state index in [1.54, 1.807) is 18.2 Å². The molecule has 0 bridgehead atoms. The van der Waals surface area contributed by atoms with Crippen molar-refractivity contribution in [2.24, 2.45) is 0 Å². The molecule has 1 N–H and O–H groups in total. The van der Waals surface area contributed by atoms with Crippen molar-refractivity contribution >= 4 is 12.2 Å². The van der Waals surface area contributed by atoms with Gasteiger partial charge in [-0.3, -0.25) is 9.59 Å². The van der Waals surface area contributed by atoms with E-state index in [1.807, 2.05) is 0 Å². The molecule has 0 aliphatic carbocycles. The number of carbonyl (C=O) groups is 2. The lowest BCUT2D eigenvalue weighted by Gasteiger charge is -2.10. The number of halogens is 3. The molecule has 2 aromatic carbocycles. The zero-order valence-electron chi connectivity index (χ0n) is 11.8. The van der Waals surface area contributed by atoms with Gasteiger partial charge in [0.1, 0.15) is 12.0 Å². The molecule has 0 unspecified atom stereocenters. The minimum absolute atomic E-state index is 0.135. The third-order valence-corrected chi connectivity index (χ3v) is 2.89. The Morgan fingerprint density at radius 3 is 2.43 bits per heavy atom. The normalized spacial score (nSPS) is 10.9. The molecule has 0 fully saturated rings. The molecule has 0 radical (unpaired) electrons. The van der Waals surface area contributed by atoms with E-state index in [0.717, 1.165) is 0 Å².